The molecule has 0 aromatic carbocycles. The molecule has 3 rings (SSSR count). The molecule has 0 amide bonds. The Morgan fingerprint density at radius 3 is 2.81 bits per heavy atom. The smallest absolute Gasteiger partial charge is 0.154 e. The summed E-state index contributed by atoms with van der Waals surface area (Å²) in [6.45, 7) is 8.02. The van der Waals surface area contributed by atoms with Crippen molar-refractivity contribution in [3.05, 3.63) is 35.4 Å². The number of nitrogens with zero attached hydrogens (tertiary/aromatic N) is 3. The summed E-state index contributed by atoms with van der Waals surface area (Å²) in [5.74, 6) is 1.61. The van der Waals surface area contributed by atoms with Crippen molar-refractivity contribution in [2.24, 2.45) is 11.8 Å². The first-order valence-corrected chi connectivity index (χ1v) is 9.72. The van der Waals surface area contributed by atoms with Crippen LogP contribution in [0.5, 0.6) is 5.75 Å². The van der Waals surface area contributed by atoms with Gasteiger partial charge in [0, 0.05) is 43.0 Å². The van der Waals surface area contributed by atoms with Crippen molar-refractivity contribution in [1.29, 1.82) is 0 Å². The van der Waals surface area contributed by atoms with E-state index in [0.29, 0.717) is 35.8 Å². The number of carbonyl (C=O) groups excluding carboxylic acids is 1. The third-order valence-electron chi connectivity index (χ3n) is 5.69. The van der Waals surface area contributed by atoms with Crippen molar-refractivity contribution in [1.82, 2.24) is 14.8 Å². The highest BCUT2D eigenvalue weighted by atomic mass is 16.5. The number of rotatable bonds is 6. The minimum absolute atomic E-state index is 0.475. The van der Waals surface area contributed by atoms with Gasteiger partial charge in [0.25, 0.3) is 0 Å². The van der Waals surface area contributed by atoms with Crippen LogP contribution in [0.3, 0.4) is 0 Å². The van der Waals surface area contributed by atoms with E-state index in [0.717, 1.165) is 18.5 Å². The van der Waals surface area contributed by atoms with Crippen LogP contribution in [0.1, 0.15) is 55.5 Å². The lowest BCUT2D eigenvalue weighted by molar-refractivity contribution is 0.111. The van der Waals surface area contributed by atoms with E-state index in [2.05, 4.69) is 41.9 Å². The number of aromatic nitrogens is 1. The summed E-state index contributed by atoms with van der Waals surface area (Å²) in [6, 6.07) is 0.498. The zero-order valence-electron chi connectivity index (χ0n) is 16.4. The van der Waals surface area contributed by atoms with Gasteiger partial charge in [0.2, 0.25) is 0 Å². The summed E-state index contributed by atoms with van der Waals surface area (Å²) in [6.07, 6.45) is 11.5. The Morgan fingerprint density at radius 1 is 1.31 bits per heavy atom. The molecule has 1 aromatic rings. The molecule has 142 valence electrons. The average Bonchev–Trinajstić information content (AvgIpc) is 3.02. The lowest BCUT2D eigenvalue weighted by atomic mass is 9.77. The van der Waals surface area contributed by atoms with E-state index < -0.39 is 0 Å². The number of hydrogen-bond donors (Lipinski definition) is 0. The zero-order chi connectivity index (χ0) is 18.7. The molecule has 2 aliphatic rings. The van der Waals surface area contributed by atoms with Gasteiger partial charge in [0.15, 0.2) is 6.29 Å². The van der Waals surface area contributed by atoms with Gasteiger partial charge in [-0.2, -0.15) is 0 Å². The minimum atomic E-state index is 0.475. The number of aryl methyl sites for hydroxylation is 1. The van der Waals surface area contributed by atoms with Crippen LogP contribution in [-0.2, 0) is 0 Å². The molecule has 0 bridgehead atoms. The van der Waals surface area contributed by atoms with E-state index in [1.54, 1.807) is 12.4 Å². The highest BCUT2D eigenvalue weighted by Gasteiger charge is 2.35. The lowest BCUT2D eigenvalue weighted by Crippen LogP contribution is -2.37. The van der Waals surface area contributed by atoms with Crippen LogP contribution in [0.15, 0.2) is 24.3 Å². The molecule has 2 atom stereocenters. The van der Waals surface area contributed by atoms with Crippen LogP contribution in [-0.4, -0.2) is 47.4 Å². The highest BCUT2D eigenvalue weighted by Crippen LogP contribution is 2.39. The Bertz CT molecular complexity index is 671. The van der Waals surface area contributed by atoms with Gasteiger partial charge >= 0.3 is 0 Å². The zero-order valence-corrected chi connectivity index (χ0v) is 16.4. The van der Waals surface area contributed by atoms with Crippen LogP contribution in [0.4, 0.5) is 0 Å². The van der Waals surface area contributed by atoms with Crippen LogP contribution in [0, 0.1) is 18.8 Å². The van der Waals surface area contributed by atoms with E-state index in [1.165, 1.54) is 31.4 Å². The Kier molecular flexibility index (Phi) is 5.84. The van der Waals surface area contributed by atoms with E-state index in [1.807, 2.05) is 6.92 Å². The summed E-state index contributed by atoms with van der Waals surface area (Å²) in [5, 5.41) is 0. The Balaban J connectivity index is 1.75. The summed E-state index contributed by atoms with van der Waals surface area (Å²) in [4.78, 5) is 20.4. The second kappa shape index (κ2) is 8.11. The van der Waals surface area contributed by atoms with Crippen molar-refractivity contribution < 1.29 is 9.53 Å². The quantitative estimate of drug-likeness (QED) is 0.724. The van der Waals surface area contributed by atoms with E-state index in [-0.39, 0.29) is 0 Å². The number of carbonyl (C=O) groups is 1. The SMILES string of the molecule is Cc1cncc(OCC2CCCCC2C2=CN(C)CN2C(C)C)c1C=O. The summed E-state index contributed by atoms with van der Waals surface area (Å²) in [5.41, 5.74) is 2.94. The predicted molar refractivity (Wildman–Crippen MR) is 103 cm³/mol. The highest BCUT2D eigenvalue weighted by molar-refractivity contribution is 5.81. The second-order valence-corrected chi connectivity index (χ2v) is 7.96. The molecule has 0 N–H and O–H groups in total. The topological polar surface area (TPSA) is 45.7 Å². The molecular weight excluding hydrogens is 326 g/mol. The first-order chi connectivity index (χ1) is 12.5. The molecular formula is C21H31N3O2. The molecule has 2 heterocycles. The second-order valence-electron chi connectivity index (χ2n) is 7.96. The average molecular weight is 357 g/mol. The number of pyridine rings is 1. The largest absolute Gasteiger partial charge is 0.491 e. The maximum atomic E-state index is 11.4. The maximum Gasteiger partial charge on any atom is 0.154 e. The van der Waals surface area contributed by atoms with E-state index in [4.69, 9.17) is 4.74 Å². The third kappa shape index (κ3) is 3.87. The first-order valence-electron chi connectivity index (χ1n) is 9.72. The van der Waals surface area contributed by atoms with Crippen molar-refractivity contribution >= 4 is 6.29 Å². The maximum absolute atomic E-state index is 11.4. The molecule has 5 nitrogen and oxygen atoms in total. The predicted octanol–water partition coefficient (Wildman–Crippen LogP) is 3.84. The number of allylic oxidation sites excluding steroid dienone is 1. The van der Waals surface area contributed by atoms with Crippen molar-refractivity contribution in [2.45, 2.75) is 52.5 Å². The van der Waals surface area contributed by atoms with E-state index in [9.17, 15) is 4.79 Å². The monoisotopic (exact) mass is 357 g/mol. The fourth-order valence-corrected chi connectivity index (χ4v) is 4.24. The van der Waals surface area contributed by atoms with Gasteiger partial charge in [-0.25, -0.2) is 0 Å². The molecule has 0 saturated heterocycles. The number of ether oxygens (including phenoxy) is 1. The summed E-state index contributed by atoms with van der Waals surface area (Å²) in [7, 11) is 2.14. The van der Waals surface area contributed by atoms with Gasteiger partial charge in [-0.3, -0.25) is 9.78 Å². The van der Waals surface area contributed by atoms with Crippen molar-refractivity contribution in [3.8, 4) is 5.75 Å². The standard InChI is InChI=1S/C21H31N3O2/c1-15(2)24-14-23(4)11-20(24)18-8-6-5-7-17(18)13-26-21-10-22-9-16(3)19(21)12-25/h9-12,15,17-18H,5-8,13-14H2,1-4H3. The molecule has 0 radical (unpaired) electrons. The van der Waals surface area contributed by atoms with Gasteiger partial charge in [0.1, 0.15) is 5.75 Å². The Morgan fingerprint density at radius 2 is 2.08 bits per heavy atom. The molecule has 26 heavy (non-hydrogen) atoms. The van der Waals surface area contributed by atoms with Crippen LogP contribution in [0.2, 0.25) is 0 Å². The molecule has 1 aromatic heterocycles. The van der Waals surface area contributed by atoms with Crippen molar-refractivity contribution in [3.63, 3.8) is 0 Å². The minimum Gasteiger partial charge on any atom is -0.491 e. The van der Waals surface area contributed by atoms with Crippen molar-refractivity contribution in [2.75, 3.05) is 20.3 Å². The van der Waals surface area contributed by atoms with Gasteiger partial charge in [-0.15, -0.1) is 0 Å². The van der Waals surface area contributed by atoms with Gasteiger partial charge in [0.05, 0.1) is 25.0 Å². The summed E-state index contributed by atoms with van der Waals surface area (Å²) >= 11 is 0. The first kappa shape index (κ1) is 18.7. The lowest BCUT2D eigenvalue weighted by Gasteiger charge is -2.37. The number of hydrogen-bond acceptors (Lipinski definition) is 5. The Labute approximate surface area is 157 Å². The van der Waals surface area contributed by atoms with Crippen LogP contribution >= 0.6 is 0 Å². The van der Waals surface area contributed by atoms with Crippen LogP contribution < -0.4 is 4.74 Å². The fraction of sp³-hybridized carbons (Fsp3) is 0.619. The molecule has 1 fully saturated rings. The van der Waals surface area contributed by atoms with Crippen LogP contribution in [0.25, 0.3) is 0 Å². The molecule has 5 heteroatoms. The molecule has 1 aliphatic heterocycles. The molecule has 0 spiro atoms. The van der Waals surface area contributed by atoms with Gasteiger partial charge in [-0.05, 0) is 39.2 Å². The number of aldehydes is 1. The molecule has 1 saturated carbocycles. The van der Waals surface area contributed by atoms with Gasteiger partial charge in [-0.1, -0.05) is 12.8 Å². The van der Waals surface area contributed by atoms with Gasteiger partial charge < -0.3 is 14.5 Å². The Hall–Kier alpha value is -2.04. The third-order valence-corrected chi connectivity index (χ3v) is 5.69. The molecule has 1 aliphatic carbocycles. The fourth-order valence-electron chi connectivity index (χ4n) is 4.24. The molecule has 2 unspecified atom stereocenters. The summed E-state index contributed by atoms with van der Waals surface area (Å²) < 4.78 is 6.11. The normalized spacial score (nSPS) is 23.3. The van der Waals surface area contributed by atoms with E-state index >= 15 is 0 Å².